The maximum absolute atomic E-state index is 12.2. The third-order valence-corrected chi connectivity index (χ3v) is 5.14. The van der Waals surface area contributed by atoms with Crippen LogP contribution >= 0.6 is 11.3 Å². The summed E-state index contributed by atoms with van der Waals surface area (Å²) in [7, 11) is -3.71. The van der Waals surface area contributed by atoms with Gasteiger partial charge < -0.3 is 4.74 Å². The van der Waals surface area contributed by atoms with Crippen molar-refractivity contribution in [2.24, 2.45) is 0 Å². The van der Waals surface area contributed by atoms with E-state index < -0.39 is 27.6 Å². The van der Waals surface area contributed by atoms with Crippen molar-refractivity contribution in [2.75, 3.05) is 0 Å². The molecule has 1 aromatic rings. The molecule has 0 aliphatic heterocycles. The summed E-state index contributed by atoms with van der Waals surface area (Å²) in [5.41, 5.74) is -0.647. The van der Waals surface area contributed by atoms with Crippen LogP contribution in [0.5, 0.6) is 0 Å². The zero-order valence-electron chi connectivity index (χ0n) is 12.6. The zero-order chi connectivity index (χ0) is 15.7. The Hall–Kier alpha value is -0.920. The SMILES string of the molecule is Cc1cc(S(=O)(=O)N[C@@H](C)C(=O)OC(C)(C)C)c(C)s1. The summed E-state index contributed by atoms with van der Waals surface area (Å²) in [6.45, 7) is 10.3. The summed E-state index contributed by atoms with van der Waals surface area (Å²) in [5.74, 6) is -0.592. The first-order valence-corrected chi connectivity index (χ1v) is 8.54. The topological polar surface area (TPSA) is 72.5 Å². The third kappa shape index (κ3) is 4.57. The van der Waals surface area contributed by atoms with Crippen LogP contribution in [0.1, 0.15) is 37.4 Å². The van der Waals surface area contributed by atoms with Crippen LogP contribution < -0.4 is 4.72 Å². The highest BCUT2D eigenvalue weighted by Gasteiger charge is 2.27. The lowest BCUT2D eigenvalue weighted by molar-refractivity contribution is -0.156. The first kappa shape index (κ1) is 17.1. The van der Waals surface area contributed by atoms with Gasteiger partial charge in [0, 0.05) is 9.75 Å². The number of aryl methyl sites for hydroxylation is 2. The summed E-state index contributed by atoms with van der Waals surface area (Å²) >= 11 is 1.41. The molecule has 1 aromatic heterocycles. The molecule has 1 rings (SSSR count). The molecule has 1 atom stereocenters. The fourth-order valence-corrected chi connectivity index (χ4v) is 4.36. The highest BCUT2D eigenvalue weighted by atomic mass is 32.2. The molecule has 0 aromatic carbocycles. The summed E-state index contributed by atoms with van der Waals surface area (Å²) in [4.78, 5) is 13.6. The Labute approximate surface area is 124 Å². The van der Waals surface area contributed by atoms with Crippen molar-refractivity contribution in [1.29, 1.82) is 0 Å². The first-order chi connectivity index (χ1) is 8.92. The standard InChI is InChI=1S/C13H21NO4S2/c1-8-7-11(10(3)19-8)20(16,17)14-9(2)12(15)18-13(4,5)6/h7,9,14H,1-6H3/t9-/m0/s1. The average molecular weight is 319 g/mol. The van der Waals surface area contributed by atoms with E-state index in [4.69, 9.17) is 4.74 Å². The molecule has 7 heteroatoms. The second kappa shape index (κ2) is 5.83. The van der Waals surface area contributed by atoms with Crippen LogP contribution in [-0.2, 0) is 19.6 Å². The molecule has 0 saturated heterocycles. The first-order valence-electron chi connectivity index (χ1n) is 6.24. The number of ether oxygens (including phenoxy) is 1. The normalized spacial score (nSPS) is 14.1. The molecule has 114 valence electrons. The summed E-state index contributed by atoms with van der Waals surface area (Å²) in [5, 5.41) is 0. The zero-order valence-corrected chi connectivity index (χ0v) is 14.2. The lowest BCUT2D eigenvalue weighted by Gasteiger charge is -2.22. The second-order valence-electron chi connectivity index (χ2n) is 5.65. The van der Waals surface area contributed by atoms with Crippen LogP contribution in [0.4, 0.5) is 0 Å². The van der Waals surface area contributed by atoms with Gasteiger partial charge in [0.05, 0.1) is 4.90 Å². The molecule has 5 nitrogen and oxygen atoms in total. The van der Waals surface area contributed by atoms with E-state index in [9.17, 15) is 13.2 Å². The molecule has 1 heterocycles. The molecule has 0 aliphatic rings. The second-order valence-corrected chi connectivity index (χ2v) is 8.80. The summed E-state index contributed by atoms with van der Waals surface area (Å²) < 4.78 is 32.0. The molecule has 0 fully saturated rings. The molecular formula is C13H21NO4S2. The maximum atomic E-state index is 12.2. The highest BCUT2D eigenvalue weighted by Crippen LogP contribution is 2.25. The lowest BCUT2D eigenvalue weighted by Crippen LogP contribution is -2.42. The fraction of sp³-hybridized carbons (Fsp3) is 0.615. The number of sulfonamides is 1. The van der Waals surface area contributed by atoms with E-state index in [-0.39, 0.29) is 4.90 Å². The minimum absolute atomic E-state index is 0.218. The molecule has 0 saturated carbocycles. The average Bonchev–Trinajstić information content (AvgIpc) is 2.55. The van der Waals surface area contributed by atoms with Crippen molar-refractivity contribution in [3.05, 3.63) is 15.8 Å². The Morgan fingerprint density at radius 3 is 2.30 bits per heavy atom. The van der Waals surface area contributed by atoms with E-state index in [1.807, 2.05) is 6.92 Å². The van der Waals surface area contributed by atoms with Gasteiger partial charge in [-0.3, -0.25) is 4.79 Å². The van der Waals surface area contributed by atoms with E-state index in [0.717, 1.165) is 4.88 Å². The number of thiophene rings is 1. The van der Waals surface area contributed by atoms with E-state index in [1.54, 1.807) is 33.8 Å². The van der Waals surface area contributed by atoms with Crippen LogP contribution in [0.3, 0.4) is 0 Å². The Balaban J connectivity index is 2.87. The van der Waals surface area contributed by atoms with Crippen molar-refractivity contribution in [3.8, 4) is 0 Å². The van der Waals surface area contributed by atoms with Crippen LogP contribution in [0.25, 0.3) is 0 Å². The van der Waals surface area contributed by atoms with Crippen LogP contribution in [-0.4, -0.2) is 26.0 Å². The van der Waals surface area contributed by atoms with Crippen LogP contribution in [0, 0.1) is 13.8 Å². The highest BCUT2D eigenvalue weighted by molar-refractivity contribution is 7.89. The van der Waals surface area contributed by atoms with Gasteiger partial charge in [0.2, 0.25) is 10.0 Å². The quantitative estimate of drug-likeness (QED) is 0.865. The maximum Gasteiger partial charge on any atom is 0.324 e. The van der Waals surface area contributed by atoms with Gasteiger partial charge in [-0.25, -0.2) is 8.42 Å². The van der Waals surface area contributed by atoms with Crippen molar-refractivity contribution in [1.82, 2.24) is 4.72 Å². The monoisotopic (exact) mass is 319 g/mol. The molecule has 0 spiro atoms. The van der Waals surface area contributed by atoms with Gasteiger partial charge >= 0.3 is 5.97 Å². The molecule has 0 unspecified atom stereocenters. The Morgan fingerprint density at radius 1 is 1.35 bits per heavy atom. The van der Waals surface area contributed by atoms with Crippen molar-refractivity contribution in [3.63, 3.8) is 0 Å². The van der Waals surface area contributed by atoms with Crippen LogP contribution in [0.2, 0.25) is 0 Å². The molecule has 0 aliphatic carbocycles. The van der Waals surface area contributed by atoms with Crippen molar-refractivity contribution in [2.45, 2.75) is 58.1 Å². The van der Waals surface area contributed by atoms with Gasteiger partial charge in [-0.05, 0) is 47.6 Å². The predicted molar refractivity (Wildman–Crippen MR) is 79.4 cm³/mol. The molecule has 1 N–H and O–H groups in total. The largest absolute Gasteiger partial charge is 0.459 e. The molecule has 20 heavy (non-hydrogen) atoms. The minimum atomic E-state index is -3.71. The van der Waals surface area contributed by atoms with Gasteiger partial charge in [-0.2, -0.15) is 4.72 Å². The number of rotatable bonds is 4. The van der Waals surface area contributed by atoms with E-state index >= 15 is 0 Å². The van der Waals surface area contributed by atoms with Crippen LogP contribution in [0.15, 0.2) is 11.0 Å². The van der Waals surface area contributed by atoms with Gasteiger partial charge in [0.15, 0.2) is 0 Å². The molecular weight excluding hydrogens is 298 g/mol. The Bertz CT molecular complexity index is 596. The van der Waals surface area contributed by atoms with E-state index in [1.165, 1.54) is 18.3 Å². The van der Waals surface area contributed by atoms with Gasteiger partial charge in [-0.15, -0.1) is 11.3 Å². The number of hydrogen-bond donors (Lipinski definition) is 1. The summed E-state index contributed by atoms with van der Waals surface area (Å²) in [6, 6.07) is 0.670. The number of carbonyl (C=O) groups is 1. The Morgan fingerprint density at radius 2 is 1.90 bits per heavy atom. The minimum Gasteiger partial charge on any atom is -0.459 e. The van der Waals surface area contributed by atoms with Crippen molar-refractivity contribution < 1.29 is 17.9 Å². The van der Waals surface area contributed by atoms with Gasteiger partial charge in [0.25, 0.3) is 0 Å². The number of hydrogen-bond acceptors (Lipinski definition) is 5. The van der Waals surface area contributed by atoms with E-state index in [2.05, 4.69) is 4.72 Å². The predicted octanol–water partition coefficient (Wildman–Crippen LogP) is 2.37. The smallest absolute Gasteiger partial charge is 0.324 e. The fourth-order valence-electron chi connectivity index (χ4n) is 1.61. The lowest BCUT2D eigenvalue weighted by atomic mass is 10.2. The summed E-state index contributed by atoms with van der Waals surface area (Å²) in [6.07, 6.45) is 0. The van der Waals surface area contributed by atoms with Gasteiger partial charge in [-0.1, -0.05) is 0 Å². The molecule has 0 bridgehead atoms. The van der Waals surface area contributed by atoms with Crippen molar-refractivity contribution >= 4 is 27.3 Å². The molecule has 0 radical (unpaired) electrons. The molecule has 0 amide bonds. The number of nitrogens with one attached hydrogen (secondary N) is 1. The Kier molecular flexibility index (Phi) is 4.99. The third-order valence-electron chi connectivity index (χ3n) is 2.38. The van der Waals surface area contributed by atoms with Gasteiger partial charge in [0.1, 0.15) is 11.6 Å². The number of esters is 1. The van der Waals surface area contributed by atoms with E-state index in [0.29, 0.717) is 4.88 Å². The number of carbonyl (C=O) groups excluding carboxylic acids is 1.